The molecule has 0 unspecified atom stereocenters. The zero-order valence-electron chi connectivity index (χ0n) is 16.3. The molecule has 0 saturated carbocycles. The van der Waals surface area contributed by atoms with Crippen LogP contribution in [0.4, 0.5) is 0 Å². The number of methoxy groups -OCH3 is 1. The second-order valence-electron chi connectivity index (χ2n) is 6.24. The van der Waals surface area contributed by atoms with Gasteiger partial charge in [0.1, 0.15) is 5.75 Å². The van der Waals surface area contributed by atoms with Crippen molar-refractivity contribution in [2.75, 3.05) is 26.5 Å². The van der Waals surface area contributed by atoms with E-state index in [1.807, 2.05) is 31.2 Å². The van der Waals surface area contributed by atoms with Crippen LogP contribution in [0.1, 0.15) is 18.1 Å². The number of sulfone groups is 1. The van der Waals surface area contributed by atoms with Gasteiger partial charge >= 0.3 is 0 Å². The van der Waals surface area contributed by atoms with Crippen LogP contribution in [-0.4, -0.2) is 40.8 Å². The molecule has 0 aliphatic rings. The van der Waals surface area contributed by atoms with Gasteiger partial charge in [-0.3, -0.25) is 0 Å². The highest BCUT2D eigenvalue weighted by Gasteiger charge is 2.07. The van der Waals surface area contributed by atoms with E-state index in [4.69, 9.17) is 16.3 Å². The number of ether oxygens (including phenoxy) is 1. The second kappa shape index (κ2) is 10.3. The molecule has 0 bridgehead atoms. The number of nitrogens with zero attached hydrogens (tertiary/aromatic N) is 1. The monoisotopic (exact) mass is 423 g/mol. The number of nitrogens with one attached hydrogen (secondary N) is 2. The first-order valence-corrected chi connectivity index (χ1v) is 11.2. The number of aliphatic imine (C=N–C) groups is 1. The molecule has 6 nitrogen and oxygen atoms in total. The average molecular weight is 424 g/mol. The summed E-state index contributed by atoms with van der Waals surface area (Å²) in [5, 5.41) is 7.12. The molecule has 0 radical (unpaired) electrons. The van der Waals surface area contributed by atoms with Gasteiger partial charge in [-0.1, -0.05) is 29.8 Å². The van der Waals surface area contributed by atoms with E-state index in [1.54, 1.807) is 25.3 Å². The van der Waals surface area contributed by atoms with E-state index in [2.05, 4.69) is 15.6 Å². The van der Waals surface area contributed by atoms with Crippen LogP contribution in [0.15, 0.2) is 52.4 Å². The molecule has 0 aromatic heterocycles. The summed E-state index contributed by atoms with van der Waals surface area (Å²) < 4.78 is 28.4. The van der Waals surface area contributed by atoms with Gasteiger partial charge in [0.15, 0.2) is 15.8 Å². The minimum atomic E-state index is -3.17. The van der Waals surface area contributed by atoms with E-state index >= 15 is 0 Å². The van der Waals surface area contributed by atoms with E-state index in [-0.39, 0.29) is 0 Å². The first-order chi connectivity index (χ1) is 13.3. The largest absolute Gasteiger partial charge is 0.496 e. The van der Waals surface area contributed by atoms with Crippen LogP contribution in [0, 0.1) is 0 Å². The topological polar surface area (TPSA) is 79.8 Å². The number of guanidine groups is 1. The lowest BCUT2D eigenvalue weighted by Gasteiger charge is -2.12. The molecule has 2 aromatic rings. The minimum absolute atomic E-state index is 0.330. The number of hydrogen-bond donors (Lipinski definition) is 2. The fraction of sp³-hybridized carbons (Fsp3) is 0.350. The highest BCUT2D eigenvalue weighted by molar-refractivity contribution is 7.90. The molecule has 0 heterocycles. The predicted octanol–water partition coefficient (Wildman–Crippen LogP) is 3.05. The smallest absolute Gasteiger partial charge is 0.191 e. The zero-order chi connectivity index (χ0) is 20.6. The third-order valence-corrected chi connectivity index (χ3v) is 5.42. The Labute approximate surface area is 171 Å². The van der Waals surface area contributed by atoms with Gasteiger partial charge in [0.05, 0.1) is 18.6 Å². The van der Waals surface area contributed by atoms with E-state index < -0.39 is 9.84 Å². The fourth-order valence-corrected chi connectivity index (χ4v) is 3.38. The van der Waals surface area contributed by atoms with Gasteiger partial charge in [0.25, 0.3) is 0 Å². The van der Waals surface area contributed by atoms with Crippen LogP contribution >= 0.6 is 11.6 Å². The third kappa shape index (κ3) is 6.73. The molecule has 0 spiro atoms. The Morgan fingerprint density at radius 2 is 1.86 bits per heavy atom. The normalized spacial score (nSPS) is 11.9. The molecular formula is C20H26ClN3O3S. The van der Waals surface area contributed by atoms with Crippen molar-refractivity contribution in [3.63, 3.8) is 0 Å². The molecule has 0 saturated heterocycles. The number of benzene rings is 2. The number of hydrogen-bond acceptors (Lipinski definition) is 4. The standard InChI is InChI=1S/C20H26ClN3O3S/c1-4-22-20(24-14-16-7-8-17(21)13-19(16)27-2)23-12-11-15-5-9-18(10-6-15)28(3,25)26/h5-10,13H,4,11-12,14H2,1-3H3,(H2,22,23,24). The van der Waals surface area contributed by atoms with Crippen LogP contribution < -0.4 is 15.4 Å². The highest BCUT2D eigenvalue weighted by Crippen LogP contribution is 2.23. The van der Waals surface area contributed by atoms with Crippen LogP contribution in [0.3, 0.4) is 0 Å². The van der Waals surface area contributed by atoms with Crippen LogP contribution in [0.5, 0.6) is 5.75 Å². The van der Waals surface area contributed by atoms with Crippen LogP contribution in [0.2, 0.25) is 5.02 Å². The van der Waals surface area contributed by atoms with Gasteiger partial charge in [0.2, 0.25) is 0 Å². The van der Waals surface area contributed by atoms with E-state index in [0.717, 1.165) is 24.1 Å². The van der Waals surface area contributed by atoms with Crippen LogP contribution in [0.25, 0.3) is 0 Å². The Kier molecular flexibility index (Phi) is 8.14. The Morgan fingerprint density at radius 3 is 2.46 bits per heavy atom. The van der Waals surface area contributed by atoms with Crippen molar-refractivity contribution >= 4 is 27.4 Å². The average Bonchev–Trinajstić information content (AvgIpc) is 2.66. The van der Waals surface area contributed by atoms with Gasteiger partial charge < -0.3 is 15.4 Å². The maximum Gasteiger partial charge on any atom is 0.191 e. The molecule has 152 valence electrons. The minimum Gasteiger partial charge on any atom is -0.496 e. The molecule has 0 aliphatic heterocycles. The van der Waals surface area contributed by atoms with Crippen molar-refractivity contribution in [2.24, 2.45) is 4.99 Å². The van der Waals surface area contributed by atoms with Crippen molar-refractivity contribution < 1.29 is 13.2 Å². The fourth-order valence-electron chi connectivity index (χ4n) is 2.58. The summed E-state index contributed by atoms with van der Waals surface area (Å²) in [6, 6.07) is 12.4. The quantitative estimate of drug-likeness (QED) is 0.504. The van der Waals surface area contributed by atoms with E-state index in [9.17, 15) is 8.42 Å². The van der Waals surface area contributed by atoms with Gasteiger partial charge in [-0.2, -0.15) is 0 Å². The molecule has 2 aromatic carbocycles. The summed E-state index contributed by atoms with van der Waals surface area (Å²) in [5.41, 5.74) is 2.00. The first kappa shape index (κ1) is 22.0. The lowest BCUT2D eigenvalue weighted by molar-refractivity contribution is 0.410. The molecule has 28 heavy (non-hydrogen) atoms. The Balaban J connectivity index is 1.96. The summed E-state index contributed by atoms with van der Waals surface area (Å²) >= 11 is 6.00. The molecule has 0 amide bonds. The molecule has 2 N–H and O–H groups in total. The van der Waals surface area contributed by atoms with E-state index in [0.29, 0.717) is 34.7 Å². The summed E-state index contributed by atoms with van der Waals surface area (Å²) in [4.78, 5) is 4.92. The predicted molar refractivity (Wildman–Crippen MR) is 114 cm³/mol. The second-order valence-corrected chi connectivity index (χ2v) is 8.70. The number of halogens is 1. The van der Waals surface area contributed by atoms with Crippen molar-refractivity contribution in [3.8, 4) is 5.75 Å². The van der Waals surface area contributed by atoms with Gasteiger partial charge in [-0.15, -0.1) is 0 Å². The van der Waals surface area contributed by atoms with Crippen molar-refractivity contribution in [1.82, 2.24) is 10.6 Å². The van der Waals surface area contributed by atoms with Crippen molar-refractivity contribution in [1.29, 1.82) is 0 Å². The SMILES string of the molecule is CCNC(=NCc1ccc(Cl)cc1OC)NCCc1ccc(S(C)(=O)=O)cc1. The number of rotatable bonds is 8. The van der Waals surface area contributed by atoms with Gasteiger partial charge in [-0.05, 0) is 43.2 Å². The third-order valence-electron chi connectivity index (χ3n) is 4.06. The maximum atomic E-state index is 11.5. The lowest BCUT2D eigenvalue weighted by Crippen LogP contribution is -2.38. The molecule has 2 rings (SSSR count). The Bertz CT molecular complexity index is 913. The Hall–Kier alpha value is -2.25. The zero-order valence-corrected chi connectivity index (χ0v) is 17.9. The van der Waals surface area contributed by atoms with E-state index in [1.165, 1.54) is 6.26 Å². The summed E-state index contributed by atoms with van der Waals surface area (Å²) in [7, 11) is -1.56. The Morgan fingerprint density at radius 1 is 1.14 bits per heavy atom. The van der Waals surface area contributed by atoms with Gasteiger partial charge in [-0.25, -0.2) is 13.4 Å². The maximum absolute atomic E-state index is 11.5. The summed E-state index contributed by atoms with van der Waals surface area (Å²) in [6.07, 6.45) is 1.96. The summed E-state index contributed by atoms with van der Waals surface area (Å²) in [6.45, 7) is 3.87. The lowest BCUT2D eigenvalue weighted by atomic mass is 10.1. The van der Waals surface area contributed by atoms with Crippen molar-refractivity contribution in [3.05, 3.63) is 58.6 Å². The van der Waals surface area contributed by atoms with Crippen molar-refractivity contribution in [2.45, 2.75) is 24.8 Å². The molecular weight excluding hydrogens is 398 g/mol. The molecule has 0 aliphatic carbocycles. The highest BCUT2D eigenvalue weighted by atomic mass is 35.5. The molecule has 8 heteroatoms. The molecule has 0 atom stereocenters. The van der Waals surface area contributed by atoms with Crippen LogP contribution in [-0.2, 0) is 22.8 Å². The first-order valence-electron chi connectivity index (χ1n) is 8.97. The van der Waals surface area contributed by atoms with Gasteiger partial charge in [0, 0.05) is 29.9 Å². The summed E-state index contributed by atoms with van der Waals surface area (Å²) in [5.74, 6) is 1.41. The molecule has 0 fully saturated rings.